The van der Waals surface area contributed by atoms with Crippen molar-refractivity contribution in [2.24, 2.45) is 7.05 Å². The second kappa shape index (κ2) is 8.99. The van der Waals surface area contributed by atoms with Crippen LogP contribution in [0.15, 0.2) is 70.9 Å². The topological polar surface area (TPSA) is 99.3 Å². The Kier molecular flexibility index (Phi) is 5.90. The van der Waals surface area contributed by atoms with Gasteiger partial charge < -0.3 is 9.47 Å². The summed E-state index contributed by atoms with van der Waals surface area (Å²) < 4.78 is 41.4. The Labute approximate surface area is 214 Å². The highest BCUT2D eigenvalue weighted by molar-refractivity contribution is 6.08. The first-order valence-electron chi connectivity index (χ1n) is 11.6. The number of benzene rings is 1. The summed E-state index contributed by atoms with van der Waals surface area (Å²) in [4.78, 5) is 45.1. The molecule has 8 nitrogen and oxygen atoms in total. The van der Waals surface area contributed by atoms with Crippen molar-refractivity contribution in [3.8, 4) is 17.2 Å². The third-order valence-electron chi connectivity index (χ3n) is 6.81. The lowest BCUT2D eigenvalue weighted by molar-refractivity contribution is -0.141. The van der Waals surface area contributed by atoms with Gasteiger partial charge in [-0.25, -0.2) is 4.79 Å². The number of anilines is 1. The molecule has 2 aromatic heterocycles. The van der Waals surface area contributed by atoms with Crippen LogP contribution >= 0.6 is 0 Å². The molecule has 0 N–H and O–H groups in total. The average Bonchev–Trinajstić information content (AvgIpc) is 3.26. The SMILES string of the molecule is CN1C(=O)N(c2ccnc(C(F)(F)F)c2)C2=C(C(=O)CC2)C1c1ccc(C#N)cc1-c1ccn(C)c(=O)c1. The Morgan fingerprint density at radius 3 is 2.47 bits per heavy atom. The van der Waals surface area contributed by atoms with E-state index in [2.05, 4.69) is 11.1 Å². The molecule has 2 amide bonds. The molecule has 1 aromatic carbocycles. The second-order valence-corrected chi connectivity index (χ2v) is 9.09. The smallest absolute Gasteiger partial charge is 0.319 e. The van der Waals surface area contributed by atoms with E-state index < -0.39 is 23.9 Å². The molecular weight excluding hydrogens is 499 g/mol. The van der Waals surface area contributed by atoms with Gasteiger partial charge in [-0.2, -0.15) is 18.4 Å². The Bertz CT molecular complexity index is 1630. The van der Waals surface area contributed by atoms with Crippen LogP contribution < -0.4 is 10.5 Å². The summed E-state index contributed by atoms with van der Waals surface area (Å²) in [6.45, 7) is 0. The van der Waals surface area contributed by atoms with E-state index in [1.807, 2.05) is 0 Å². The van der Waals surface area contributed by atoms with Crippen LogP contribution in [0.5, 0.6) is 0 Å². The number of alkyl halides is 3. The van der Waals surface area contributed by atoms with Gasteiger partial charge in [-0.15, -0.1) is 0 Å². The van der Waals surface area contributed by atoms with Crippen LogP contribution in [0.4, 0.5) is 23.7 Å². The highest BCUT2D eigenvalue weighted by Crippen LogP contribution is 2.46. The zero-order valence-corrected chi connectivity index (χ0v) is 20.3. The van der Waals surface area contributed by atoms with Crippen molar-refractivity contribution in [2.75, 3.05) is 11.9 Å². The maximum atomic E-state index is 13.7. The number of aryl methyl sites for hydroxylation is 1. The van der Waals surface area contributed by atoms with Crippen LogP contribution in [-0.2, 0) is 18.0 Å². The molecule has 1 unspecified atom stereocenters. The Morgan fingerprint density at radius 2 is 1.79 bits per heavy atom. The highest BCUT2D eigenvalue weighted by Gasteiger charge is 2.45. The van der Waals surface area contributed by atoms with E-state index in [0.29, 0.717) is 28.0 Å². The van der Waals surface area contributed by atoms with E-state index in [0.717, 1.165) is 17.2 Å². The van der Waals surface area contributed by atoms with Crippen LogP contribution in [0, 0.1) is 11.3 Å². The van der Waals surface area contributed by atoms with E-state index in [4.69, 9.17) is 0 Å². The van der Waals surface area contributed by atoms with Gasteiger partial charge in [0, 0.05) is 50.2 Å². The van der Waals surface area contributed by atoms with Crippen molar-refractivity contribution < 1.29 is 22.8 Å². The number of hydrogen-bond acceptors (Lipinski definition) is 5. The number of carbonyl (C=O) groups is 2. The van der Waals surface area contributed by atoms with E-state index in [1.165, 1.54) is 28.6 Å². The molecule has 2 aliphatic rings. The lowest BCUT2D eigenvalue weighted by Gasteiger charge is -2.41. The molecule has 11 heteroatoms. The fourth-order valence-corrected chi connectivity index (χ4v) is 4.96. The number of urea groups is 1. The van der Waals surface area contributed by atoms with E-state index in [1.54, 1.807) is 37.5 Å². The summed E-state index contributed by atoms with van der Waals surface area (Å²) in [6.07, 6.45) is -1.90. The van der Waals surface area contributed by atoms with Gasteiger partial charge in [-0.3, -0.25) is 19.5 Å². The fraction of sp³-hybridized carbons (Fsp3) is 0.222. The Balaban J connectivity index is 1.72. The third-order valence-corrected chi connectivity index (χ3v) is 6.81. The van der Waals surface area contributed by atoms with E-state index >= 15 is 0 Å². The number of pyridine rings is 2. The lowest BCUT2D eigenvalue weighted by Crippen LogP contribution is -2.48. The molecule has 0 spiro atoms. The molecule has 0 bridgehead atoms. The maximum absolute atomic E-state index is 13.7. The fourth-order valence-electron chi connectivity index (χ4n) is 4.96. The van der Waals surface area contributed by atoms with Gasteiger partial charge in [0.1, 0.15) is 5.69 Å². The molecule has 5 rings (SSSR count). The minimum atomic E-state index is -4.71. The minimum Gasteiger partial charge on any atom is -0.319 e. The summed E-state index contributed by atoms with van der Waals surface area (Å²) in [6, 6.07) is 10.5. The molecule has 1 atom stereocenters. The Morgan fingerprint density at radius 1 is 1.03 bits per heavy atom. The van der Waals surface area contributed by atoms with Crippen LogP contribution in [0.1, 0.15) is 35.7 Å². The number of carbonyl (C=O) groups excluding carboxylic acids is 2. The molecule has 0 radical (unpaired) electrons. The quantitative estimate of drug-likeness (QED) is 0.505. The molecule has 0 saturated heterocycles. The van der Waals surface area contributed by atoms with Crippen LogP contribution in [-0.4, -0.2) is 33.3 Å². The van der Waals surface area contributed by atoms with Gasteiger partial charge in [0.25, 0.3) is 5.56 Å². The summed E-state index contributed by atoms with van der Waals surface area (Å²) in [5.74, 6) is -0.237. The summed E-state index contributed by atoms with van der Waals surface area (Å²) >= 11 is 0. The summed E-state index contributed by atoms with van der Waals surface area (Å²) in [7, 11) is 3.06. The van der Waals surface area contributed by atoms with E-state index in [9.17, 15) is 32.8 Å². The standard InChI is InChI=1S/C27H20F3N5O3/c1-33-10-8-16(12-23(33)37)19-11-15(14-31)3-4-18(19)25-24-20(5-6-21(24)36)35(26(38)34(25)2)17-7-9-32-22(13-17)27(28,29)30/h3-4,7-13,25H,5-6H2,1-2H3. The van der Waals surface area contributed by atoms with Crippen molar-refractivity contribution >= 4 is 17.5 Å². The number of Topliss-reactive ketones (excluding diaryl/α,β-unsaturated/α-hetero) is 1. The zero-order valence-electron chi connectivity index (χ0n) is 20.3. The first-order valence-corrected chi connectivity index (χ1v) is 11.6. The number of aromatic nitrogens is 2. The van der Waals surface area contributed by atoms with Crippen molar-refractivity contribution in [1.29, 1.82) is 5.26 Å². The summed E-state index contributed by atoms with van der Waals surface area (Å²) in [5.41, 5.74) is 0.949. The molecule has 1 aliphatic carbocycles. The molecule has 38 heavy (non-hydrogen) atoms. The van der Waals surface area contributed by atoms with Gasteiger partial charge in [0.2, 0.25) is 0 Å². The molecule has 0 fully saturated rings. The maximum Gasteiger partial charge on any atom is 0.433 e. The van der Waals surface area contributed by atoms with Crippen molar-refractivity contribution in [3.63, 3.8) is 0 Å². The zero-order chi connectivity index (χ0) is 27.4. The molecule has 192 valence electrons. The molecular formula is C27H20F3N5O3. The number of halogens is 3. The van der Waals surface area contributed by atoms with Crippen LogP contribution in [0.3, 0.4) is 0 Å². The number of rotatable bonds is 3. The van der Waals surface area contributed by atoms with Gasteiger partial charge in [0.15, 0.2) is 5.78 Å². The molecule has 0 saturated carbocycles. The first kappa shape index (κ1) is 25.0. The number of likely N-dealkylation sites (N-methyl/N-ethyl adjacent to an activating group) is 1. The van der Waals surface area contributed by atoms with Crippen molar-refractivity contribution in [2.45, 2.75) is 25.1 Å². The highest BCUT2D eigenvalue weighted by atomic mass is 19.4. The van der Waals surface area contributed by atoms with E-state index in [-0.39, 0.29) is 35.4 Å². The molecule has 1 aliphatic heterocycles. The summed E-state index contributed by atoms with van der Waals surface area (Å²) in [5, 5.41) is 9.50. The minimum absolute atomic E-state index is 0.0450. The van der Waals surface area contributed by atoms with Crippen LogP contribution in [0.2, 0.25) is 0 Å². The van der Waals surface area contributed by atoms with Crippen molar-refractivity contribution in [3.05, 3.63) is 93.3 Å². The predicted octanol–water partition coefficient (Wildman–Crippen LogP) is 4.57. The van der Waals surface area contributed by atoms with Gasteiger partial charge >= 0.3 is 12.2 Å². The average molecular weight is 519 g/mol. The van der Waals surface area contributed by atoms with Crippen LogP contribution in [0.25, 0.3) is 11.1 Å². The number of allylic oxidation sites excluding steroid dienone is 1. The lowest BCUT2D eigenvalue weighted by atomic mass is 9.87. The van der Waals surface area contributed by atoms with Gasteiger partial charge in [-0.05, 0) is 53.4 Å². The van der Waals surface area contributed by atoms with Gasteiger partial charge in [-0.1, -0.05) is 6.07 Å². The molecule has 3 aromatic rings. The number of ketones is 1. The number of hydrogen-bond donors (Lipinski definition) is 0. The van der Waals surface area contributed by atoms with Gasteiger partial charge in [0.05, 0.1) is 23.4 Å². The monoisotopic (exact) mass is 519 g/mol. The third kappa shape index (κ3) is 4.04. The Hall–Kier alpha value is -4.72. The predicted molar refractivity (Wildman–Crippen MR) is 131 cm³/mol. The number of nitrogens with zero attached hydrogens (tertiary/aromatic N) is 5. The normalized spacial score (nSPS) is 17.6. The first-order chi connectivity index (χ1) is 18.0. The number of nitriles is 1. The largest absolute Gasteiger partial charge is 0.433 e. The second-order valence-electron chi connectivity index (χ2n) is 9.09. The number of amides is 2. The molecule has 3 heterocycles. The van der Waals surface area contributed by atoms with Crippen molar-refractivity contribution in [1.82, 2.24) is 14.5 Å².